The zero-order valence-corrected chi connectivity index (χ0v) is 10.7. The van der Waals surface area contributed by atoms with Crippen LogP contribution in [0.15, 0.2) is 30.3 Å². The van der Waals surface area contributed by atoms with E-state index in [2.05, 4.69) is 55.4 Å². The van der Waals surface area contributed by atoms with Gasteiger partial charge in [-0.25, -0.2) is 0 Å². The molecular weight excluding hydrogens is 196 g/mol. The molecule has 0 spiro atoms. The van der Waals surface area contributed by atoms with Crippen LogP contribution in [-0.4, -0.2) is 31.6 Å². The van der Waals surface area contributed by atoms with Crippen molar-refractivity contribution in [1.82, 2.24) is 4.90 Å². The predicted molar refractivity (Wildman–Crippen MR) is 71.9 cm³/mol. The normalized spacial score (nSPS) is 11.1. The molecule has 0 amide bonds. The second-order valence-electron chi connectivity index (χ2n) is 4.78. The van der Waals surface area contributed by atoms with Gasteiger partial charge in [-0.3, -0.25) is 0 Å². The van der Waals surface area contributed by atoms with E-state index in [4.69, 9.17) is 0 Å². The van der Waals surface area contributed by atoms with Gasteiger partial charge in [-0.15, -0.1) is 0 Å². The summed E-state index contributed by atoms with van der Waals surface area (Å²) in [4.78, 5) is 2.38. The molecule has 0 aliphatic rings. The van der Waals surface area contributed by atoms with E-state index in [0.717, 1.165) is 19.0 Å². The van der Waals surface area contributed by atoms with E-state index < -0.39 is 0 Å². The lowest BCUT2D eigenvalue weighted by Gasteiger charge is -2.18. The molecule has 1 aromatic carbocycles. The Morgan fingerprint density at radius 1 is 1.12 bits per heavy atom. The molecule has 0 aliphatic heterocycles. The van der Waals surface area contributed by atoms with Gasteiger partial charge >= 0.3 is 0 Å². The van der Waals surface area contributed by atoms with Crippen molar-refractivity contribution < 1.29 is 0 Å². The average molecular weight is 220 g/mol. The number of para-hydroxylation sites is 1. The molecule has 0 saturated heterocycles. The van der Waals surface area contributed by atoms with Crippen molar-refractivity contribution in [2.45, 2.75) is 20.3 Å². The van der Waals surface area contributed by atoms with Crippen molar-refractivity contribution >= 4 is 5.69 Å². The van der Waals surface area contributed by atoms with Crippen molar-refractivity contribution in [3.05, 3.63) is 30.3 Å². The summed E-state index contributed by atoms with van der Waals surface area (Å²) < 4.78 is 0. The molecule has 0 fully saturated rings. The summed E-state index contributed by atoms with van der Waals surface area (Å²) in [6, 6.07) is 10.4. The first-order valence-electron chi connectivity index (χ1n) is 6.16. The van der Waals surface area contributed by atoms with Gasteiger partial charge in [0.1, 0.15) is 0 Å². The van der Waals surface area contributed by atoms with Crippen LogP contribution in [0.5, 0.6) is 0 Å². The van der Waals surface area contributed by atoms with Gasteiger partial charge in [-0.05, 0) is 38.1 Å². The highest BCUT2D eigenvalue weighted by atomic mass is 15.1. The molecular formula is C14H24N2. The summed E-state index contributed by atoms with van der Waals surface area (Å²) >= 11 is 0. The van der Waals surface area contributed by atoms with Crippen LogP contribution in [0.1, 0.15) is 20.3 Å². The van der Waals surface area contributed by atoms with E-state index in [1.165, 1.54) is 18.7 Å². The first-order chi connectivity index (χ1) is 7.68. The van der Waals surface area contributed by atoms with E-state index in [9.17, 15) is 0 Å². The number of nitrogens with zero attached hydrogens (tertiary/aromatic N) is 1. The minimum atomic E-state index is 0.796. The number of hydrogen-bond donors (Lipinski definition) is 1. The third-order valence-electron chi connectivity index (χ3n) is 2.68. The van der Waals surface area contributed by atoms with Gasteiger partial charge in [-0.1, -0.05) is 32.0 Å². The molecule has 0 heterocycles. The molecule has 1 rings (SSSR count). The Kier molecular flexibility index (Phi) is 5.94. The lowest BCUT2D eigenvalue weighted by Crippen LogP contribution is -2.26. The van der Waals surface area contributed by atoms with Crippen LogP contribution in [0.2, 0.25) is 0 Å². The fraction of sp³-hybridized carbons (Fsp3) is 0.571. The summed E-state index contributed by atoms with van der Waals surface area (Å²) in [5.41, 5.74) is 1.21. The lowest BCUT2D eigenvalue weighted by molar-refractivity contribution is 0.321. The van der Waals surface area contributed by atoms with E-state index >= 15 is 0 Å². The smallest absolute Gasteiger partial charge is 0.0340 e. The second kappa shape index (κ2) is 7.29. The summed E-state index contributed by atoms with van der Waals surface area (Å²) in [7, 11) is 2.19. The maximum absolute atomic E-state index is 3.42. The Hall–Kier alpha value is -1.02. The number of hydrogen-bond acceptors (Lipinski definition) is 2. The molecule has 0 aromatic heterocycles. The van der Waals surface area contributed by atoms with Gasteiger partial charge < -0.3 is 10.2 Å². The first kappa shape index (κ1) is 13.0. The van der Waals surface area contributed by atoms with Gasteiger partial charge in [0.2, 0.25) is 0 Å². The molecule has 0 radical (unpaired) electrons. The van der Waals surface area contributed by atoms with Crippen molar-refractivity contribution in [2.75, 3.05) is 32.0 Å². The fourth-order valence-electron chi connectivity index (χ4n) is 1.54. The van der Waals surface area contributed by atoms with E-state index in [1.807, 2.05) is 6.07 Å². The molecule has 0 bridgehead atoms. The first-order valence-corrected chi connectivity index (χ1v) is 6.16. The Morgan fingerprint density at radius 2 is 1.81 bits per heavy atom. The molecule has 0 aliphatic carbocycles. The van der Waals surface area contributed by atoms with Crippen molar-refractivity contribution in [3.63, 3.8) is 0 Å². The zero-order chi connectivity index (χ0) is 11.8. The van der Waals surface area contributed by atoms with E-state index in [1.54, 1.807) is 0 Å². The van der Waals surface area contributed by atoms with Crippen LogP contribution in [-0.2, 0) is 0 Å². The van der Waals surface area contributed by atoms with Crippen molar-refractivity contribution in [2.24, 2.45) is 5.92 Å². The van der Waals surface area contributed by atoms with Crippen LogP contribution in [0.25, 0.3) is 0 Å². The molecule has 2 nitrogen and oxygen atoms in total. The molecule has 0 unspecified atom stereocenters. The summed E-state index contributed by atoms with van der Waals surface area (Å²) in [6.45, 7) is 7.85. The Labute approximate surface area is 99.7 Å². The van der Waals surface area contributed by atoms with Gasteiger partial charge in [0, 0.05) is 18.8 Å². The van der Waals surface area contributed by atoms with Crippen LogP contribution in [0.3, 0.4) is 0 Å². The minimum Gasteiger partial charge on any atom is -0.384 e. The Balaban J connectivity index is 2.11. The largest absolute Gasteiger partial charge is 0.384 e. The Bertz CT molecular complexity index is 269. The predicted octanol–water partition coefficient (Wildman–Crippen LogP) is 3.08. The van der Waals surface area contributed by atoms with E-state index in [-0.39, 0.29) is 0 Å². The van der Waals surface area contributed by atoms with E-state index in [0.29, 0.717) is 0 Å². The number of rotatable bonds is 7. The fourth-order valence-corrected chi connectivity index (χ4v) is 1.54. The van der Waals surface area contributed by atoms with Crippen LogP contribution >= 0.6 is 0 Å². The molecule has 0 atom stereocenters. The highest BCUT2D eigenvalue weighted by molar-refractivity contribution is 5.42. The maximum Gasteiger partial charge on any atom is 0.0340 e. The summed E-state index contributed by atoms with van der Waals surface area (Å²) in [6.07, 6.45) is 1.28. The highest BCUT2D eigenvalue weighted by Gasteiger charge is 1.99. The molecule has 0 saturated carbocycles. The van der Waals surface area contributed by atoms with Gasteiger partial charge in [0.05, 0.1) is 0 Å². The van der Waals surface area contributed by atoms with Crippen molar-refractivity contribution in [1.29, 1.82) is 0 Å². The topological polar surface area (TPSA) is 15.3 Å². The van der Waals surface area contributed by atoms with Gasteiger partial charge in [0.15, 0.2) is 0 Å². The summed E-state index contributed by atoms with van der Waals surface area (Å²) in [5, 5.41) is 3.42. The SMILES string of the molecule is CC(C)CCN(C)CCNc1ccccc1. The second-order valence-corrected chi connectivity index (χ2v) is 4.78. The third-order valence-corrected chi connectivity index (χ3v) is 2.68. The number of benzene rings is 1. The van der Waals surface area contributed by atoms with Crippen LogP contribution in [0.4, 0.5) is 5.69 Å². The number of likely N-dealkylation sites (N-methyl/N-ethyl adjacent to an activating group) is 1. The van der Waals surface area contributed by atoms with Gasteiger partial charge in [-0.2, -0.15) is 0 Å². The highest BCUT2D eigenvalue weighted by Crippen LogP contribution is 2.04. The molecule has 90 valence electrons. The molecule has 2 heteroatoms. The quantitative estimate of drug-likeness (QED) is 0.759. The lowest BCUT2D eigenvalue weighted by atomic mass is 10.1. The van der Waals surface area contributed by atoms with Crippen molar-refractivity contribution in [3.8, 4) is 0 Å². The number of nitrogens with one attached hydrogen (secondary N) is 1. The Morgan fingerprint density at radius 3 is 2.44 bits per heavy atom. The van der Waals surface area contributed by atoms with Crippen LogP contribution < -0.4 is 5.32 Å². The molecule has 1 aromatic rings. The molecule has 1 N–H and O–H groups in total. The molecule has 16 heavy (non-hydrogen) atoms. The summed E-state index contributed by atoms with van der Waals surface area (Å²) in [5.74, 6) is 0.796. The zero-order valence-electron chi connectivity index (χ0n) is 10.7. The van der Waals surface area contributed by atoms with Gasteiger partial charge in [0.25, 0.3) is 0 Å². The number of anilines is 1. The average Bonchev–Trinajstić information content (AvgIpc) is 2.28. The van der Waals surface area contributed by atoms with Crippen LogP contribution in [0, 0.1) is 5.92 Å². The standard InChI is InChI=1S/C14H24N2/c1-13(2)9-11-16(3)12-10-15-14-7-5-4-6-8-14/h4-8,13,15H,9-12H2,1-3H3. The monoisotopic (exact) mass is 220 g/mol. The maximum atomic E-state index is 3.42. The third kappa shape index (κ3) is 5.76. The minimum absolute atomic E-state index is 0.796.